The lowest BCUT2D eigenvalue weighted by atomic mass is 10.2. The molecule has 0 aliphatic rings. The van der Waals surface area contributed by atoms with Gasteiger partial charge >= 0.3 is 12.4 Å². The van der Waals surface area contributed by atoms with E-state index in [1.54, 1.807) is 0 Å². The van der Waals surface area contributed by atoms with Crippen LogP contribution in [0.1, 0.15) is 12.5 Å². The predicted octanol–water partition coefficient (Wildman–Crippen LogP) is 4.55. The van der Waals surface area contributed by atoms with E-state index in [1.165, 1.54) is 13.0 Å². The zero-order valence-corrected chi connectivity index (χ0v) is 12.8. The van der Waals surface area contributed by atoms with E-state index in [1.807, 2.05) is 5.32 Å². The summed E-state index contributed by atoms with van der Waals surface area (Å²) >= 11 is 0.164. The minimum absolute atomic E-state index is 0.147. The smallest absolute Gasteiger partial charge is 0.366 e. The van der Waals surface area contributed by atoms with Gasteiger partial charge in [-0.1, -0.05) is 0 Å². The van der Waals surface area contributed by atoms with Crippen molar-refractivity contribution in [1.29, 1.82) is 5.26 Å². The maximum atomic E-state index is 13.8. The summed E-state index contributed by atoms with van der Waals surface area (Å²) < 4.78 is 88.8. The molecule has 11 heteroatoms. The van der Waals surface area contributed by atoms with Gasteiger partial charge in [0.1, 0.15) is 17.6 Å². The number of thioether (sulfide) groups is 1. The van der Waals surface area contributed by atoms with Gasteiger partial charge in [-0.15, -0.1) is 11.8 Å². The quantitative estimate of drug-likeness (QED) is 0.365. The van der Waals surface area contributed by atoms with Crippen molar-refractivity contribution in [3.8, 4) is 6.07 Å². The molecule has 0 amide bonds. The van der Waals surface area contributed by atoms with Gasteiger partial charge in [0.2, 0.25) is 5.84 Å². The molecule has 0 aromatic heterocycles. The second-order valence-electron chi connectivity index (χ2n) is 4.30. The zero-order chi connectivity index (χ0) is 18.5. The Balaban J connectivity index is 3.31. The lowest BCUT2D eigenvalue weighted by Gasteiger charge is -2.13. The fourth-order valence-corrected chi connectivity index (χ4v) is 2.26. The van der Waals surface area contributed by atoms with Crippen LogP contribution in [-0.2, 0) is 0 Å². The molecule has 0 atom stereocenters. The Morgan fingerprint density at radius 3 is 2.33 bits per heavy atom. The van der Waals surface area contributed by atoms with Crippen LogP contribution in [0.3, 0.4) is 0 Å². The molecule has 0 unspecified atom stereocenters. The molecular weight excluding hydrogens is 363 g/mol. The minimum Gasteiger partial charge on any atom is -0.366 e. The van der Waals surface area contributed by atoms with Gasteiger partial charge in [-0.2, -0.15) is 31.6 Å². The van der Waals surface area contributed by atoms with E-state index in [9.17, 15) is 30.7 Å². The number of halogens is 7. The molecule has 132 valence electrons. The van der Waals surface area contributed by atoms with Crippen molar-refractivity contribution in [2.24, 2.45) is 4.99 Å². The number of hydrogen-bond acceptors (Lipinski definition) is 3. The zero-order valence-electron chi connectivity index (χ0n) is 12.0. The molecule has 1 rings (SSSR count). The topological polar surface area (TPSA) is 48.2 Å². The highest BCUT2D eigenvalue weighted by Crippen LogP contribution is 2.34. The van der Waals surface area contributed by atoms with Crippen LogP contribution in [0, 0.1) is 17.1 Å². The molecule has 0 spiro atoms. The predicted molar refractivity (Wildman–Crippen MR) is 74.7 cm³/mol. The van der Waals surface area contributed by atoms with Crippen molar-refractivity contribution >= 4 is 23.3 Å². The molecule has 3 nitrogen and oxygen atoms in total. The molecule has 0 aliphatic heterocycles. The Kier molecular flexibility index (Phi) is 6.48. The number of nitrogens with one attached hydrogen (secondary N) is 1. The Labute approximate surface area is 136 Å². The van der Waals surface area contributed by atoms with Crippen LogP contribution < -0.4 is 5.32 Å². The Morgan fingerprint density at radius 1 is 1.25 bits per heavy atom. The first-order valence-corrected chi connectivity index (χ1v) is 7.29. The molecule has 0 heterocycles. The van der Waals surface area contributed by atoms with Crippen molar-refractivity contribution in [2.75, 3.05) is 12.3 Å². The Bertz CT molecular complexity index is 659. The van der Waals surface area contributed by atoms with E-state index in [2.05, 4.69) is 4.99 Å². The van der Waals surface area contributed by atoms with Crippen LogP contribution in [-0.4, -0.2) is 30.5 Å². The number of amidine groups is 1. The number of nitrogens with zero attached hydrogens (tertiary/aromatic N) is 2. The van der Waals surface area contributed by atoms with Crippen LogP contribution in [0.4, 0.5) is 36.4 Å². The maximum Gasteiger partial charge on any atom is 0.449 e. The standard InChI is InChI=1S/C13H10F7N3S/c1-2-22-11(13(18,19)20)23-9-4-10(24-6-12(15,16)17)7(5-21)3-8(9)14/h3-4H,2,6H2,1H3,(H,22,23). The first kappa shape index (κ1) is 20.1. The van der Waals surface area contributed by atoms with Gasteiger partial charge in [-0.3, -0.25) is 0 Å². The summed E-state index contributed by atoms with van der Waals surface area (Å²) in [5.74, 6) is -4.11. The molecule has 24 heavy (non-hydrogen) atoms. The second-order valence-corrected chi connectivity index (χ2v) is 5.32. The molecule has 1 aromatic rings. The van der Waals surface area contributed by atoms with Crippen LogP contribution in [0.5, 0.6) is 0 Å². The Hall–Kier alpha value is -1.96. The van der Waals surface area contributed by atoms with Gasteiger partial charge in [0.05, 0.1) is 11.3 Å². The van der Waals surface area contributed by atoms with E-state index >= 15 is 0 Å². The number of nitriles is 1. The molecule has 0 aliphatic carbocycles. The number of aliphatic imine (C=N–C) groups is 1. The van der Waals surface area contributed by atoms with Crippen LogP contribution in [0.2, 0.25) is 0 Å². The lowest BCUT2D eigenvalue weighted by Crippen LogP contribution is -2.36. The highest BCUT2D eigenvalue weighted by Gasteiger charge is 2.36. The normalized spacial score (nSPS) is 12.9. The minimum atomic E-state index is -4.89. The molecule has 0 bridgehead atoms. The van der Waals surface area contributed by atoms with E-state index in [0.29, 0.717) is 12.1 Å². The third-order valence-corrected chi connectivity index (χ3v) is 3.53. The number of hydrogen-bond donors (Lipinski definition) is 1. The van der Waals surface area contributed by atoms with Crippen LogP contribution >= 0.6 is 11.8 Å². The first-order chi connectivity index (χ1) is 11.0. The third-order valence-electron chi connectivity index (χ3n) is 2.41. The van der Waals surface area contributed by atoms with Crippen molar-refractivity contribution in [1.82, 2.24) is 5.32 Å². The molecule has 1 aromatic carbocycles. The summed E-state index contributed by atoms with van der Waals surface area (Å²) in [6.07, 6.45) is -9.45. The van der Waals surface area contributed by atoms with Gasteiger partial charge in [-0.25, -0.2) is 9.38 Å². The van der Waals surface area contributed by atoms with Crippen LogP contribution in [0.15, 0.2) is 22.0 Å². The van der Waals surface area contributed by atoms with E-state index in [0.717, 1.165) is 0 Å². The monoisotopic (exact) mass is 373 g/mol. The van der Waals surface area contributed by atoms with E-state index < -0.39 is 41.0 Å². The van der Waals surface area contributed by atoms with Crippen molar-refractivity contribution in [3.63, 3.8) is 0 Å². The first-order valence-electron chi connectivity index (χ1n) is 6.31. The number of rotatable bonds is 4. The van der Waals surface area contributed by atoms with E-state index in [4.69, 9.17) is 5.26 Å². The van der Waals surface area contributed by atoms with Gasteiger partial charge < -0.3 is 5.32 Å². The molecule has 0 saturated heterocycles. The van der Waals surface area contributed by atoms with Crippen molar-refractivity contribution in [2.45, 2.75) is 24.2 Å². The van der Waals surface area contributed by atoms with Gasteiger partial charge in [0.15, 0.2) is 0 Å². The SMILES string of the molecule is CCN/C(=N/c1cc(SCC(F)(F)F)c(C#N)cc1F)C(F)(F)F. The van der Waals surface area contributed by atoms with Crippen molar-refractivity contribution in [3.05, 3.63) is 23.5 Å². The van der Waals surface area contributed by atoms with Gasteiger partial charge in [0.25, 0.3) is 0 Å². The largest absolute Gasteiger partial charge is 0.449 e. The molecule has 0 saturated carbocycles. The van der Waals surface area contributed by atoms with Crippen LogP contribution in [0.25, 0.3) is 0 Å². The maximum absolute atomic E-state index is 13.8. The molecule has 0 radical (unpaired) electrons. The summed E-state index contributed by atoms with van der Waals surface area (Å²) in [6.45, 7) is 1.22. The number of alkyl halides is 6. The summed E-state index contributed by atoms with van der Waals surface area (Å²) in [5.41, 5.74) is -1.23. The Morgan fingerprint density at radius 2 is 1.88 bits per heavy atom. The summed E-state index contributed by atoms with van der Waals surface area (Å²) in [6, 6.07) is 2.74. The number of benzene rings is 1. The molecule has 0 fully saturated rings. The summed E-state index contributed by atoms with van der Waals surface area (Å²) in [5, 5.41) is 10.7. The second kappa shape index (κ2) is 7.74. The third kappa shape index (κ3) is 5.92. The molecular formula is C13H10F7N3S. The van der Waals surface area contributed by atoms with Crippen molar-refractivity contribution < 1.29 is 30.7 Å². The van der Waals surface area contributed by atoms with E-state index in [-0.39, 0.29) is 23.2 Å². The highest BCUT2D eigenvalue weighted by atomic mass is 32.2. The fourth-order valence-electron chi connectivity index (χ4n) is 1.49. The lowest BCUT2D eigenvalue weighted by molar-refractivity contribution is -0.105. The average molecular weight is 373 g/mol. The highest BCUT2D eigenvalue weighted by molar-refractivity contribution is 7.99. The summed E-state index contributed by atoms with van der Waals surface area (Å²) in [4.78, 5) is 2.79. The molecule has 1 N–H and O–H groups in total. The van der Waals surface area contributed by atoms with Gasteiger partial charge in [-0.05, 0) is 19.1 Å². The van der Waals surface area contributed by atoms with Gasteiger partial charge in [0, 0.05) is 11.4 Å². The summed E-state index contributed by atoms with van der Waals surface area (Å²) in [7, 11) is 0. The average Bonchev–Trinajstić information content (AvgIpc) is 2.44. The fraction of sp³-hybridized carbons (Fsp3) is 0.385.